The first-order valence-electron chi connectivity index (χ1n) is 13.9. The summed E-state index contributed by atoms with van der Waals surface area (Å²) in [6.45, 7) is 8.32. The molecule has 41 heavy (non-hydrogen) atoms. The number of ether oxygens (including phenoxy) is 1. The maximum absolute atomic E-state index is 11.9. The van der Waals surface area contributed by atoms with E-state index < -0.39 is 0 Å². The molecule has 0 saturated heterocycles. The fourth-order valence-corrected chi connectivity index (χ4v) is 4.70. The van der Waals surface area contributed by atoms with Crippen LogP contribution in [-0.2, 0) is 4.79 Å². The van der Waals surface area contributed by atoms with Gasteiger partial charge in [-0.25, -0.2) is 4.79 Å². The van der Waals surface area contributed by atoms with Crippen LogP contribution in [0.5, 0.6) is 5.75 Å². The molecular formula is C39H34O2. The molecule has 0 heterocycles. The van der Waals surface area contributed by atoms with E-state index in [1.54, 1.807) is 18.2 Å². The van der Waals surface area contributed by atoms with Gasteiger partial charge in [-0.2, -0.15) is 0 Å². The maximum atomic E-state index is 11.9. The highest BCUT2D eigenvalue weighted by Gasteiger charge is 2.02. The molecule has 6 aromatic carbocycles. The lowest BCUT2D eigenvalue weighted by molar-refractivity contribution is -0.128. The van der Waals surface area contributed by atoms with Gasteiger partial charge in [0, 0.05) is 6.08 Å². The molecule has 202 valence electrons. The third-order valence-electron chi connectivity index (χ3n) is 7.05. The van der Waals surface area contributed by atoms with Crippen LogP contribution in [0.3, 0.4) is 0 Å². The fraction of sp³-hybridized carbons (Fsp3) is 0.103. The van der Waals surface area contributed by atoms with E-state index in [2.05, 4.69) is 112 Å². The van der Waals surface area contributed by atoms with Crippen LogP contribution in [0.4, 0.5) is 0 Å². The number of rotatable bonds is 4. The highest BCUT2D eigenvalue weighted by molar-refractivity contribution is 5.91. The second kappa shape index (κ2) is 12.5. The summed E-state index contributed by atoms with van der Waals surface area (Å²) in [4.78, 5) is 11.9. The zero-order chi connectivity index (χ0) is 28.8. The van der Waals surface area contributed by atoms with E-state index in [1.807, 2.05) is 25.1 Å². The highest BCUT2D eigenvalue weighted by Crippen LogP contribution is 2.25. The molecule has 6 aromatic rings. The molecule has 0 amide bonds. The van der Waals surface area contributed by atoms with Crippen LogP contribution in [0.1, 0.15) is 27.8 Å². The van der Waals surface area contributed by atoms with E-state index in [-0.39, 0.29) is 5.97 Å². The first-order chi connectivity index (χ1) is 19.8. The van der Waals surface area contributed by atoms with Crippen LogP contribution in [-0.4, -0.2) is 5.97 Å². The molecule has 0 N–H and O–H groups in total. The average Bonchev–Trinajstić information content (AvgIpc) is 2.98. The number of aryl methyl sites for hydroxylation is 4. The summed E-state index contributed by atoms with van der Waals surface area (Å²) in [6.07, 6.45) is 3.23. The van der Waals surface area contributed by atoms with Crippen LogP contribution >= 0.6 is 0 Å². The summed E-state index contributed by atoms with van der Waals surface area (Å²) < 4.78 is 5.27. The fourth-order valence-electron chi connectivity index (χ4n) is 4.70. The van der Waals surface area contributed by atoms with Crippen LogP contribution in [0.2, 0.25) is 0 Å². The van der Waals surface area contributed by atoms with Crippen LogP contribution in [0.15, 0.2) is 127 Å². The lowest BCUT2D eigenvalue weighted by atomic mass is 9.99. The molecule has 0 fully saturated rings. The normalized spacial score (nSPS) is 10.9. The molecule has 0 aliphatic rings. The standard InChI is InChI=1S/C21H18O2.C18H16/c1-15-4-10-20(11-5-15)23-21(22)12-7-17-6-9-18-13-16(2)3-8-19(18)14-17;1-13-3-6-15(7-4-13)17-10-9-16-11-14(2)5-8-18(16)12-17/h3-14H,1-2H3;3-12H,1-2H3/b12-7+;. The highest BCUT2D eigenvalue weighted by atomic mass is 16.5. The molecule has 0 bridgehead atoms. The Balaban J connectivity index is 0.000000169. The third kappa shape index (κ3) is 7.38. The molecule has 0 saturated carbocycles. The number of carbonyl (C=O) groups excluding carboxylic acids is 1. The molecule has 0 aliphatic heterocycles. The summed E-state index contributed by atoms with van der Waals surface area (Å²) in [6, 6.07) is 41.8. The van der Waals surface area contributed by atoms with E-state index in [0.717, 1.165) is 16.5 Å². The van der Waals surface area contributed by atoms with Crippen LogP contribution in [0, 0.1) is 27.7 Å². The van der Waals surface area contributed by atoms with E-state index >= 15 is 0 Å². The van der Waals surface area contributed by atoms with Crippen LogP contribution < -0.4 is 4.74 Å². The molecular weight excluding hydrogens is 500 g/mol. The van der Waals surface area contributed by atoms with Crippen molar-refractivity contribution in [3.63, 3.8) is 0 Å². The SMILES string of the molecule is Cc1ccc(-c2ccc3cc(C)ccc3c2)cc1.Cc1ccc(OC(=O)/C=C/c2ccc3cc(C)ccc3c2)cc1. The lowest BCUT2D eigenvalue weighted by Crippen LogP contribution is -2.03. The van der Waals surface area contributed by atoms with E-state index in [9.17, 15) is 4.79 Å². The summed E-state index contributed by atoms with van der Waals surface area (Å²) in [7, 11) is 0. The number of carbonyl (C=O) groups is 1. The topological polar surface area (TPSA) is 26.3 Å². The Bertz CT molecular complexity index is 1840. The molecule has 0 unspecified atom stereocenters. The molecule has 0 spiro atoms. The van der Waals surface area contributed by atoms with Gasteiger partial charge < -0.3 is 4.74 Å². The second-order valence-corrected chi connectivity index (χ2v) is 10.6. The molecule has 0 aromatic heterocycles. The number of benzene rings is 6. The van der Waals surface area contributed by atoms with Gasteiger partial charge in [-0.1, -0.05) is 119 Å². The minimum Gasteiger partial charge on any atom is -0.423 e. The first-order valence-corrected chi connectivity index (χ1v) is 13.9. The van der Waals surface area contributed by atoms with Crippen molar-refractivity contribution >= 4 is 33.6 Å². The molecule has 0 atom stereocenters. The molecule has 6 rings (SSSR count). The van der Waals surface area contributed by atoms with Crippen molar-refractivity contribution in [1.82, 2.24) is 0 Å². The van der Waals surface area contributed by atoms with E-state index in [4.69, 9.17) is 4.74 Å². The predicted molar refractivity (Wildman–Crippen MR) is 173 cm³/mol. The Morgan fingerprint density at radius 2 is 0.951 bits per heavy atom. The van der Waals surface area contributed by atoms with Gasteiger partial charge >= 0.3 is 5.97 Å². The number of esters is 1. The molecule has 0 aliphatic carbocycles. The minimum atomic E-state index is -0.377. The lowest BCUT2D eigenvalue weighted by Gasteiger charge is -2.05. The van der Waals surface area contributed by atoms with Crippen LogP contribution in [0.25, 0.3) is 38.7 Å². The van der Waals surface area contributed by atoms with Crippen molar-refractivity contribution in [1.29, 1.82) is 0 Å². The zero-order valence-corrected chi connectivity index (χ0v) is 24.0. The van der Waals surface area contributed by atoms with Crippen molar-refractivity contribution in [2.24, 2.45) is 0 Å². The van der Waals surface area contributed by atoms with Crippen molar-refractivity contribution in [2.75, 3.05) is 0 Å². The monoisotopic (exact) mass is 534 g/mol. The third-order valence-corrected chi connectivity index (χ3v) is 7.05. The smallest absolute Gasteiger partial charge is 0.336 e. The Morgan fingerprint density at radius 3 is 1.59 bits per heavy atom. The van der Waals surface area contributed by atoms with Gasteiger partial charge in [-0.15, -0.1) is 0 Å². The van der Waals surface area contributed by atoms with Gasteiger partial charge in [-0.3, -0.25) is 0 Å². The molecule has 0 radical (unpaired) electrons. The molecule has 2 nitrogen and oxygen atoms in total. The Morgan fingerprint density at radius 1 is 0.488 bits per heavy atom. The van der Waals surface area contributed by atoms with Gasteiger partial charge in [-0.05, 0) is 96.3 Å². The number of hydrogen-bond donors (Lipinski definition) is 0. The van der Waals surface area contributed by atoms with Gasteiger partial charge in [0.15, 0.2) is 0 Å². The summed E-state index contributed by atoms with van der Waals surface area (Å²) in [5.41, 5.74) is 8.52. The number of fused-ring (bicyclic) bond motifs is 2. The zero-order valence-electron chi connectivity index (χ0n) is 24.0. The summed E-state index contributed by atoms with van der Waals surface area (Å²) >= 11 is 0. The van der Waals surface area contributed by atoms with Gasteiger partial charge in [0.2, 0.25) is 0 Å². The Hall–Kier alpha value is -4.95. The summed E-state index contributed by atoms with van der Waals surface area (Å²) in [5.74, 6) is 0.178. The van der Waals surface area contributed by atoms with Crippen molar-refractivity contribution in [3.05, 3.63) is 155 Å². The minimum absolute atomic E-state index is 0.377. The largest absolute Gasteiger partial charge is 0.423 e. The maximum Gasteiger partial charge on any atom is 0.336 e. The quantitative estimate of drug-likeness (QED) is 0.128. The van der Waals surface area contributed by atoms with Crippen molar-refractivity contribution in [2.45, 2.75) is 27.7 Å². The average molecular weight is 535 g/mol. The van der Waals surface area contributed by atoms with E-state index in [0.29, 0.717) is 5.75 Å². The van der Waals surface area contributed by atoms with Gasteiger partial charge in [0.1, 0.15) is 5.75 Å². The first kappa shape index (κ1) is 27.6. The molecule has 2 heteroatoms. The van der Waals surface area contributed by atoms with Gasteiger partial charge in [0.25, 0.3) is 0 Å². The summed E-state index contributed by atoms with van der Waals surface area (Å²) in [5, 5.41) is 4.97. The second-order valence-electron chi connectivity index (χ2n) is 10.6. The number of hydrogen-bond acceptors (Lipinski definition) is 2. The Labute approximate surface area is 242 Å². The van der Waals surface area contributed by atoms with Gasteiger partial charge in [0.05, 0.1) is 0 Å². The predicted octanol–water partition coefficient (Wildman–Crippen LogP) is 10.2. The van der Waals surface area contributed by atoms with Crippen molar-refractivity contribution in [3.8, 4) is 16.9 Å². The van der Waals surface area contributed by atoms with Crippen molar-refractivity contribution < 1.29 is 9.53 Å². The van der Waals surface area contributed by atoms with E-state index in [1.165, 1.54) is 50.1 Å². The Kier molecular flexibility index (Phi) is 8.41.